The van der Waals surface area contributed by atoms with Crippen molar-refractivity contribution >= 4 is 5.78 Å². The van der Waals surface area contributed by atoms with Gasteiger partial charge in [-0.3, -0.25) is 4.79 Å². The van der Waals surface area contributed by atoms with E-state index in [1.54, 1.807) is 14.2 Å². The van der Waals surface area contributed by atoms with Gasteiger partial charge in [-0.2, -0.15) is 0 Å². The summed E-state index contributed by atoms with van der Waals surface area (Å²) >= 11 is 0. The van der Waals surface area contributed by atoms with Crippen molar-refractivity contribution in [3.63, 3.8) is 0 Å². The fourth-order valence-corrected chi connectivity index (χ4v) is 1.74. The van der Waals surface area contributed by atoms with Crippen LogP contribution in [0.25, 0.3) is 0 Å². The van der Waals surface area contributed by atoms with Crippen LogP contribution in [-0.2, 0) is 14.3 Å². The summed E-state index contributed by atoms with van der Waals surface area (Å²) in [6, 6.07) is 9.57. The van der Waals surface area contributed by atoms with Crippen molar-refractivity contribution in [3.05, 3.63) is 35.9 Å². The van der Waals surface area contributed by atoms with E-state index in [1.165, 1.54) is 0 Å². The van der Waals surface area contributed by atoms with Crippen LogP contribution in [0.3, 0.4) is 0 Å². The molecule has 94 valence electrons. The average molecular weight is 236 g/mol. The summed E-state index contributed by atoms with van der Waals surface area (Å²) in [7, 11) is 3.21. The van der Waals surface area contributed by atoms with Gasteiger partial charge >= 0.3 is 0 Å². The van der Waals surface area contributed by atoms with Gasteiger partial charge in [-0.25, -0.2) is 0 Å². The minimum atomic E-state index is -0.469. The van der Waals surface area contributed by atoms with Gasteiger partial charge in [-0.1, -0.05) is 37.3 Å². The van der Waals surface area contributed by atoms with Crippen LogP contribution in [0.4, 0.5) is 0 Å². The van der Waals surface area contributed by atoms with Crippen molar-refractivity contribution in [1.82, 2.24) is 0 Å². The van der Waals surface area contributed by atoms with E-state index in [0.717, 1.165) is 12.0 Å². The van der Waals surface area contributed by atoms with E-state index in [2.05, 4.69) is 0 Å². The van der Waals surface area contributed by atoms with Gasteiger partial charge in [0.25, 0.3) is 0 Å². The first-order chi connectivity index (χ1) is 8.20. The molecule has 0 aromatic heterocycles. The van der Waals surface area contributed by atoms with Crippen LogP contribution >= 0.6 is 0 Å². The summed E-state index contributed by atoms with van der Waals surface area (Å²) in [6.07, 6.45) is 0.255. The van der Waals surface area contributed by atoms with Gasteiger partial charge in [0.05, 0.1) is 0 Å². The number of benzene rings is 1. The fourth-order valence-electron chi connectivity index (χ4n) is 1.74. The normalized spacial score (nSPS) is 14.3. The first kappa shape index (κ1) is 13.9. The highest BCUT2D eigenvalue weighted by Gasteiger charge is 2.24. The van der Waals surface area contributed by atoms with Crippen LogP contribution in [0, 0.1) is 5.92 Å². The summed E-state index contributed by atoms with van der Waals surface area (Å²) in [5.41, 5.74) is 0.907. The molecule has 3 heteroatoms. The molecule has 1 aromatic rings. The first-order valence-electron chi connectivity index (χ1n) is 5.81. The highest BCUT2D eigenvalue weighted by molar-refractivity contribution is 5.86. The van der Waals surface area contributed by atoms with Crippen LogP contribution in [0.2, 0.25) is 0 Å². The molecule has 0 radical (unpaired) electrons. The summed E-state index contributed by atoms with van der Waals surface area (Å²) in [6.45, 7) is 2.51. The van der Waals surface area contributed by atoms with Crippen molar-refractivity contribution in [2.24, 2.45) is 5.92 Å². The molecule has 0 aliphatic heterocycles. The van der Waals surface area contributed by atoms with E-state index in [4.69, 9.17) is 9.47 Å². The molecule has 17 heavy (non-hydrogen) atoms. The number of ketones is 1. The van der Waals surface area contributed by atoms with Gasteiger partial charge in [-0.05, 0) is 12.0 Å². The highest BCUT2D eigenvalue weighted by atomic mass is 16.5. The second kappa shape index (κ2) is 7.20. The lowest BCUT2D eigenvalue weighted by Crippen LogP contribution is -2.22. The lowest BCUT2D eigenvalue weighted by atomic mass is 9.94. The third-order valence-corrected chi connectivity index (χ3v) is 2.84. The number of methoxy groups -OCH3 is 2. The Kier molecular flexibility index (Phi) is 5.87. The average Bonchev–Trinajstić information content (AvgIpc) is 2.38. The predicted octanol–water partition coefficient (Wildman–Crippen LogP) is 2.62. The maximum absolute atomic E-state index is 12.2. The lowest BCUT2D eigenvalue weighted by molar-refractivity contribution is -0.133. The Morgan fingerprint density at radius 2 is 1.88 bits per heavy atom. The Labute approximate surface area is 103 Å². The minimum absolute atomic E-state index is 0.0555. The van der Waals surface area contributed by atoms with Gasteiger partial charge in [0, 0.05) is 26.7 Å². The number of carbonyl (C=O) groups excluding carboxylic acids is 1. The first-order valence-corrected chi connectivity index (χ1v) is 5.81. The second-order valence-electron chi connectivity index (χ2n) is 4.11. The Morgan fingerprint density at radius 1 is 1.24 bits per heavy atom. The van der Waals surface area contributed by atoms with Crippen molar-refractivity contribution < 1.29 is 14.3 Å². The van der Waals surface area contributed by atoms with Crippen molar-refractivity contribution in [3.8, 4) is 0 Å². The smallest absolute Gasteiger partial charge is 0.168 e. The molecule has 1 aromatic carbocycles. The molecule has 0 fully saturated rings. The Hall–Kier alpha value is -1.19. The molecule has 0 saturated heterocycles. The fraction of sp³-hybridized carbons (Fsp3) is 0.500. The summed E-state index contributed by atoms with van der Waals surface area (Å²) in [5, 5.41) is 0. The molecule has 0 bridgehead atoms. The number of Topliss-reactive ketones (excluding diaryl/α,β-unsaturated/α-hetero) is 1. The maximum Gasteiger partial charge on any atom is 0.168 e. The zero-order valence-corrected chi connectivity index (χ0v) is 10.7. The number of carbonyl (C=O) groups is 1. The molecule has 0 aliphatic rings. The van der Waals surface area contributed by atoms with E-state index in [-0.39, 0.29) is 11.7 Å². The topological polar surface area (TPSA) is 35.5 Å². The molecule has 0 heterocycles. The molecule has 0 amide bonds. The van der Waals surface area contributed by atoms with E-state index in [9.17, 15) is 4.79 Å². The largest absolute Gasteiger partial charge is 0.385 e. The van der Waals surface area contributed by atoms with Gasteiger partial charge in [0.15, 0.2) is 5.78 Å². The zero-order valence-electron chi connectivity index (χ0n) is 10.7. The van der Waals surface area contributed by atoms with Gasteiger partial charge in [-0.15, -0.1) is 0 Å². The van der Waals surface area contributed by atoms with E-state index >= 15 is 0 Å². The van der Waals surface area contributed by atoms with Crippen LogP contribution < -0.4 is 0 Å². The van der Waals surface area contributed by atoms with E-state index in [0.29, 0.717) is 6.61 Å². The molecular formula is C14H20O3. The monoisotopic (exact) mass is 236 g/mol. The van der Waals surface area contributed by atoms with Crippen LogP contribution in [0.1, 0.15) is 25.0 Å². The molecular weight excluding hydrogens is 216 g/mol. The van der Waals surface area contributed by atoms with Crippen LogP contribution in [0.15, 0.2) is 30.3 Å². The Balaban J connectivity index is 2.71. The molecule has 2 atom stereocenters. The van der Waals surface area contributed by atoms with Crippen molar-refractivity contribution in [2.75, 3.05) is 20.8 Å². The van der Waals surface area contributed by atoms with Crippen molar-refractivity contribution in [1.29, 1.82) is 0 Å². The quantitative estimate of drug-likeness (QED) is 0.730. The van der Waals surface area contributed by atoms with Crippen LogP contribution in [0.5, 0.6) is 0 Å². The number of hydrogen-bond acceptors (Lipinski definition) is 3. The summed E-state index contributed by atoms with van der Waals surface area (Å²) in [5.74, 6) is 0.0517. The molecule has 1 rings (SSSR count). The molecule has 2 unspecified atom stereocenters. The third kappa shape index (κ3) is 3.95. The van der Waals surface area contributed by atoms with Crippen molar-refractivity contribution in [2.45, 2.75) is 19.4 Å². The molecule has 0 saturated carbocycles. The highest BCUT2D eigenvalue weighted by Crippen LogP contribution is 2.22. The van der Waals surface area contributed by atoms with Crippen LogP contribution in [-0.4, -0.2) is 26.6 Å². The van der Waals surface area contributed by atoms with Gasteiger partial charge in [0.1, 0.15) is 6.10 Å². The van der Waals surface area contributed by atoms with Gasteiger partial charge in [0.2, 0.25) is 0 Å². The molecule has 3 nitrogen and oxygen atoms in total. The predicted molar refractivity (Wildman–Crippen MR) is 66.9 cm³/mol. The Bertz CT molecular complexity index is 335. The van der Waals surface area contributed by atoms with Gasteiger partial charge < -0.3 is 9.47 Å². The standard InChI is InChI=1S/C14H20O3/c1-11(9-10-16-2)13(15)14(17-3)12-7-5-4-6-8-12/h4-8,11,14H,9-10H2,1-3H3. The lowest BCUT2D eigenvalue weighted by Gasteiger charge is -2.18. The van der Waals surface area contributed by atoms with E-state index < -0.39 is 6.10 Å². The summed E-state index contributed by atoms with van der Waals surface area (Å²) < 4.78 is 10.3. The summed E-state index contributed by atoms with van der Waals surface area (Å²) in [4.78, 5) is 12.2. The second-order valence-corrected chi connectivity index (χ2v) is 4.11. The molecule has 0 aliphatic carbocycles. The number of hydrogen-bond donors (Lipinski definition) is 0. The maximum atomic E-state index is 12.2. The number of ether oxygens (including phenoxy) is 2. The Morgan fingerprint density at radius 3 is 2.41 bits per heavy atom. The SMILES string of the molecule is COCCC(C)C(=O)C(OC)c1ccccc1. The number of rotatable bonds is 7. The molecule has 0 spiro atoms. The zero-order chi connectivity index (χ0) is 12.7. The third-order valence-electron chi connectivity index (χ3n) is 2.84. The molecule has 0 N–H and O–H groups in total. The van der Waals surface area contributed by atoms with E-state index in [1.807, 2.05) is 37.3 Å². The minimum Gasteiger partial charge on any atom is -0.385 e.